The first kappa shape index (κ1) is 36.6. The molecule has 6 nitrogen and oxygen atoms in total. The number of nitrogens with two attached hydrogens (primary N) is 1. The van der Waals surface area contributed by atoms with E-state index in [0.717, 1.165) is 67.4 Å². The molecule has 0 aromatic carbocycles. The Morgan fingerprint density at radius 1 is 0.792 bits per heavy atom. The van der Waals surface area contributed by atoms with Gasteiger partial charge >= 0.3 is 0 Å². The number of halogens is 1. The van der Waals surface area contributed by atoms with Gasteiger partial charge in [0, 0.05) is 23.8 Å². The maximum atomic E-state index is 12.4. The minimum atomic E-state index is -0.0837. The second-order valence-corrected chi connectivity index (χ2v) is 19.3. The molecule has 0 spiro atoms. The number of oxime groups is 2. The van der Waals surface area contributed by atoms with Crippen LogP contribution in [0.2, 0.25) is 0 Å². The molecule has 0 heterocycles. The minimum Gasteiger partial charge on any atom is -0.411 e. The van der Waals surface area contributed by atoms with Crippen LogP contribution >= 0.6 is 12.4 Å². The lowest BCUT2D eigenvalue weighted by Crippen LogP contribution is -2.55. The highest BCUT2D eigenvalue weighted by molar-refractivity contribution is 5.90. The van der Waals surface area contributed by atoms with Crippen molar-refractivity contribution in [3.8, 4) is 0 Å². The van der Waals surface area contributed by atoms with E-state index in [-0.39, 0.29) is 23.9 Å². The molecule has 13 atom stereocenters. The average Bonchev–Trinajstić information content (AvgIpc) is 3.59. The molecule has 3 N–H and O–H groups in total. The van der Waals surface area contributed by atoms with E-state index in [1.807, 2.05) is 6.92 Å². The van der Waals surface area contributed by atoms with E-state index in [1.165, 1.54) is 95.6 Å². The number of rotatable bonds is 3. The summed E-state index contributed by atoms with van der Waals surface area (Å²) < 4.78 is 0. The predicted molar refractivity (Wildman–Crippen MR) is 197 cm³/mol. The van der Waals surface area contributed by atoms with Crippen LogP contribution in [0.5, 0.6) is 0 Å². The van der Waals surface area contributed by atoms with Crippen molar-refractivity contribution in [3.63, 3.8) is 0 Å². The lowest BCUT2D eigenvalue weighted by atomic mass is 9.45. The molecule has 0 radical (unpaired) electrons. The van der Waals surface area contributed by atoms with Crippen molar-refractivity contribution < 1.29 is 14.8 Å². The van der Waals surface area contributed by atoms with E-state index in [9.17, 15) is 10.0 Å². The van der Waals surface area contributed by atoms with Crippen LogP contribution < -0.4 is 5.73 Å². The quantitative estimate of drug-likeness (QED) is 0.228. The minimum absolute atomic E-state index is 0. The lowest BCUT2D eigenvalue weighted by molar-refractivity contribution is -0.133. The Hall–Kier alpha value is -1.14. The van der Waals surface area contributed by atoms with Crippen LogP contribution in [0.3, 0.4) is 0 Å². The summed E-state index contributed by atoms with van der Waals surface area (Å²) in [6.07, 6.45) is 24.1. The molecular formula is C41H68ClN3O3. The third-order valence-corrected chi connectivity index (χ3v) is 17.0. The second-order valence-electron chi connectivity index (χ2n) is 19.3. The molecule has 8 rings (SSSR count). The molecule has 7 heteroatoms. The van der Waals surface area contributed by atoms with Crippen LogP contribution in [0.25, 0.3) is 0 Å². The van der Waals surface area contributed by atoms with Gasteiger partial charge in [-0.05, 0) is 161 Å². The van der Waals surface area contributed by atoms with Gasteiger partial charge in [-0.25, -0.2) is 0 Å². The van der Waals surface area contributed by atoms with E-state index in [2.05, 4.69) is 38.0 Å². The van der Waals surface area contributed by atoms with Crippen molar-refractivity contribution >= 4 is 29.6 Å². The van der Waals surface area contributed by atoms with E-state index < -0.39 is 0 Å². The Bertz CT molecular complexity index is 1250. The Morgan fingerprint density at radius 3 is 2.33 bits per heavy atom. The van der Waals surface area contributed by atoms with Gasteiger partial charge in [-0.15, -0.1) is 12.4 Å². The van der Waals surface area contributed by atoms with Crippen molar-refractivity contribution in [2.45, 2.75) is 163 Å². The molecule has 8 fully saturated rings. The van der Waals surface area contributed by atoms with Gasteiger partial charge in [0.2, 0.25) is 0 Å². The van der Waals surface area contributed by atoms with Crippen molar-refractivity contribution in [3.05, 3.63) is 0 Å². The Balaban J connectivity index is 0.000000165. The van der Waals surface area contributed by atoms with Gasteiger partial charge in [-0.1, -0.05) is 57.3 Å². The Kier molecular flexibility index (Phi) is 10.5. The fraction of sp³-hybridized carbons (Fsp3) is 0.927. The van der Waals surface area contributed by atoms with Gasteiger partial charge in [0.05, 0.1) is 11.4 Å². The lowest BCUT2D eigenvalue weighted by Gasteiger charge is -2.60. The zero-order valence-electron chi connectivity index (χ0n) is 31.0. The first-order valence-electron chi connectivity index (χ1n) is 20.1. The highest BCUT2D eigenvalue weighted by Gasteiger charge is 2.61. The largest absolute Gasteiger partial charge is 0.411 e. The summed E-state index contributed by atoms with van der Waals surface area (Å²) in [5, 5.41) is 17.8. The number of ketones is 1. The molecule has 0 bridgehead atoms. The van der Waals surface area contributed by atoms with E-state index in [4.69, 9.17) is 10.6 Å². The van der Waals surface area contributed by atoms with Crippen molar-refractivity contribution in [2.24, 2.45) is 85.0 Å². The van der Waals surface area contributed by atoms with Gasteiger partial charge in [-0.2, -0.15) is 0 Å². The fourth-order valence-corrected chi connectivity index (χ4v) is 14.4. The molecule has 8 saturated carbocycles. The summed E-state index contributed by atoms with van der Waals surface area (Å²) in [4.78, 5) is 17.9. The summed E-state index contributed by atoms with van der Waals surface area (Å²) in [5.41, 5.74) is 9.56. The first-order valence-corrected chi connectivity index (χ1v) is 20.1. The van der Waals surface area contributed by atoms with Gasteiger partial charge in [0.25, 0.3) is 0 Å². The number of nitrogens with zero attached hydrogens (tertiary/aromatic N) is 2. The normalized spacial score (nSPS) is 49.9. The van der Waals surface area contributed by atoms with Crippen LogP contribution in [-0.2, 0) is 9.63 Å². The second kappa shape index (κ2) is 13.8. The number of fused-ring (bicyclic) bond motifs is 10. The number of hydrogen-bond acceptors (Lipinski definition) is 6. The first-order chi connectivity index (χ1) is 22.4. The van der Waals surface area contributed by atoms with Gasteiger partial charge < -0.3 is 15.8 Å². The summed E-state index contributed by atoms with van der Waals surface area (Å²) >= 11 is 0. The monoisotopic (exact) mass is 685 g/mol. The molecule has 0 aromatic heterocycles. The van der Waals surface area contributed by atoms with E-state index in [1.54, 1.807) is 0 Å². The number of carbonyl (C=O) groups is 1. The number of hydrogen-bond donors (Lipinski definition) is 2. The van der Waals surface area contributed by atoms with E-state index in [0.29, 0.717) is 46.4 Å². The molecular weight excluding hydrogens is 618 g/mol. The third kappa shape index (κ3) is 6.01. The van der Waals surface area contributed by atoms with Gasteiger partial charge in [0.1, 0.15) is 12.4 Å². The highest BCUT2D eigenvalue weighted by Crippen LogP contribution is 2.67. The van der Waals surface area contributed by atoms with Crippen molar-refractivity contribution in [1.82, 2.24) is 0 Å². The standard InChI is InChI=1S/C22H38N2O.C19H29NO2.ClH/c1-15(23)14-25-24-17-8-12-22(3)16(13-17)6-7-18-19-5-4-10-21(19,2)11-9-20(18)22;1-18-9-4-3-5-15(18)16(20-22)11-12-13-6-7-17(21)19(13,2)10-8-14(12)18;/h15-16,18-20H,4-14,23H2,1-3H3;12-15,22H,3-11H2,1-2H3;1H/b;20-16-;/t15-,16?,18-,19-,20-,21-,22-;12-,13-,14-,15?,18+,19-;/m00./s1. The topological polar surface area (TPSA) is 97.3 Å². The smallest absolute Gasteiger partial charge is 0.139 e. The zero-order valence-corrected chi connectivity index (χ0v) is 31.8. The molecule has 0 saturated heterocycles. The summed E-state index contributed by atoms with van der Waals surface area (Å²) in [6.45, 7) is 12.4. The van der Waals surface area contributed by atoms with Crippen LogP contribution in [0.4, 0.5) is 0 Å². The van der Waals surface area contributed by atoms with Crippen molar-refractivity contribution in [2.75, 3.05) is 6.61 Å². The molecule has 0 aliphatic heterocycles. The zero-order chi connectivity index (χ0) is 33.2. The Morgan fingerprint density at radius 2 is 1.56 bits per heavy atom. The highest BCUT2D eigenvalue weighted by atomic mass is 35.5. The SMILES string of the molecule is C[C@H](N)CON=C1CC[C@@]2(C)C(CC[C@H]3[C@@H]4CCC[C@@]4(C)CC[C@@H]32)C1.C[C@]12CCCCC1/C(=N\O)C[C@@H]1[C@@H]2CC[C@]2(C)C(=O)CC[C@@H]12.Cl. The maximum Gasteiger partial charge on any atom is 0.139 e. The summed E-state index contributed by atoms with van der Waals surface area (Å²) in [6, 6.07) is 0.0663. The average molecular weight is 686 g/mol. The molecule has 0 amide bonds. The fourth-order valence-electron chi connectivity index (χ4n) is 14.4. The van der Waals surface area contributed by atoms with Crippen LogP contribution in [0.15, 0.2) is 10.3 Å². The Labute approximate surface area is 298 Å². The van der Waals surface area contributed by atoms with Gasteiger partial charge in [0.15, 0.2) is 0 Å². The molecule has 8 aliphatic carbocycles. The van der Waals surface area contributed by atoms with E-state index >= 15 is 0 Å². The molecule has 272 valence electrons. The van der Waals surface area contributed by atoms with Gasteiger partial charge in [-0.3, -0.25) is 4.79 Å². The van der Waals surface area contributed by atoms with Crippen molar-refractivity contribution in [1.29, 1.82) is 0 Å². The molecule has 8 aliphatic rings. The predicted octanol–water partition coefficient (Wildman–Crippen LogP) is 9.99. The maximum absolute atomic E-state index is 12.4. The molecule has 48 heavy (non-hydrogen) atoms. The molecule has 2 unspecified atom stereocenters. The summed E-state index contributed by atoms with van der Waals surface area (Å²) in [7, 11) is 0. The molecule has 0 aromatic rings. The number of Topliss-reactive ketones (excluding diaryl/α,β-unsaturated/α-hetero) is 1. The van der Waals surface area contributed by atoms with Crippen LogP contribution in [-0.4, -0.2) is 35.1 Å². The number of carbonyl (C=O) groups excluding carboxylic acids is 1. The van der Waals surface area contributed by atoms with Crippen LogP contribution in [0.1, 0.15) is 157 Å². The summed E-state index contributed by atoms with van der Waals surface area (Å²) in [5.74, 6) is 6.62. The van der Waals surface area contributed by atoms with Crippen LogP contribution in [0, 0.1) is 69.0 Å². The third-order valence-electron chi connectivity index (χ3n) is 17.0.